The largest absolute Gasteiger partial charge is 0.458 e. The lowest BCUT2D eigenvalue weighted by Crippen LogP contribution is -2.61. The monoisotopic (exact) mass is 828 g/mol. The Hall–Kier alpha value is -3.22. The van der Waals surface area contributed by atoms with E-state index in [0.29, 0.717) is 45.4 Å². The molecule has 1 amide bonds. The fourth-order valence-electron chi connectivity index (χ4n) is 10.4. The zero-order chi connectivity index (χ0) is 43.0. The first-order valence-electron chi connectivity index (χ1n) is 21.5. The van der Waals surface area contributed by atoms with Crippen molar-refractivity contribution >= 4 is 12.1 Å². The Balaban J connectivity index is 1.33. The third-order valence-corrected chi connectivity index (χ3v) is 13.8. The van der Waals surface area contributed by atoms with Crippen molar-refractivity contribution in [3.8, 4) is 11.3 Å². The van der Waals surface area contributed by atoms with Crippen LogP contribution in [0.5, 0.6) is 0 Å². The number of pyridine rings is 1. The standard InChI is InChI=1S/C43H69N7O9/c1-12-33-43(8)37-27(4)34(46-24-49(50(37)41(54)59-43)18-14-17-48-22-31(45-23-48)30-15-13-16-44-21-30)25(2)20-42(7,55-11)38(28(5)35(51)29(6)39(53)57-33)58-40-36(52)32(47(9)10)19-26(3)56-40/h13,15-16,21-23,25-29,32-38,40,46,51-52H,12,14,17-20,24H2,1-11H3/t25-,26-,27+,28+,29-,32+,33-,34?,35+,36-,37?,38-,40+,42+,43-/m1/s1. The molecular weight excluding hydrogens is 759 g/mol. The van der Waals surface area contributed by atoms with E-state index in [4.69, 9.17) is 23.7 Å². The number of hydrazine groups is 1. The second-order valence-corrected chi connectivity index (χ2v) is 18.2. The number of aromatic nitrogens is 3. The maximum atomic E-state index is 14.2. The summed E-state index contributed by atoms with van der Waals surface area (Å²) in [4.78, 5) is 39.1. The van der Waals surface area contributed by atoms with Gasteiger partial charge in [0, 0.05) is 62.4 Å². The number of aryl methyl sites for hydroxylation is 1. The van der Waals surface area contributed by atoms with Crippen molar-refractivity contribution in [2.75, 3.05) is 34.4 Å². The van der Waals surface area contributed by atoms with Crippen LogP contribution in [0.1, 0.15) is 81.1 Å². The number of ether oxygens (including phenoxy) is 5. The number of amides is 1. The first kappa shape index (κ1) is 45.3. The number of esters is 1. The van der Waals surface area contributed by atoms with Crippen LogP contribution in [0.3, 0.4) is 0 Å². The lowest BCUT2D eigenvalue weighted by atomic mass is 9.71. The smallest absolute Gasteiger partial charge is 0.425 e. The highest BCUT2D eigenvalue weighted by Crippen LogP contribution is 2.45. The molecule has 2 unspecified atom stereocenters. The highest BCUT2D eigenvalue weighted by atomic mass is 16.7. The molecule has 16 nitrogen and oxygen atoms in total. The molecule has 6 heterocycles. The molecule has 0 aliphatic carbocycles. The van der Waals surface area contributed by atoms with Crippen molar-refractivity contribution in [3.63, 3.8) is 0 Å². The van der Waals surface area contributed by atoms with Crippen LogP contribution in [0, 0.1) is 23.7 Å². The summed E-state index contributed by atoms with van der Waals surface area (Å²) in [5.74, 6) is -2.52. The zero-order valence-corrected chi connectivity index (χ0v) is 36.9. The van der Waals surface area contributed by atoms with E-state index < -0.39 is 71.8 Å². The molecule has 3 N–H and O–H groups in total. The van der Waals surface area contributed by atoms with Gasteiger partial charge in [0.2, 0.25) is 0 Å². The molecule has 16 heteroatoms. The van der Waals surface area contributed by atoms with Crippen LogP contribution >= 0.6 is 0 Å². The maximum absolute atomic E-state index is 14.2. The number of nitrogens with one attached hydrogen (secondary N) is 1. The van der Waals surface area contributed by atoms with Gasteiger partial charge in [-0.05, 0) is 91.4 Å². The molecule has 6 rings (SSSR count). The molecule has 330 valence electrons. The van der Waals surface area contributed by atoms with Crippen molar-refractivity contribution in [3.05, 3.63) is 37.1 Å². The number of cyclic esters (lactones) is 1. The van der Waals surface area contributed by atoms with E-state index in [9.17, 15) is 19.8 Å². The predicted octanol–water partition coefficient (Wildman–Crippen LogP) is 3.91. The Labute approximate surface area is 349 Å². The highest BCUT2D eigenvalue weighted by molar-refractivity contribution is 5.74. The normalized spacial score (nSPS) is 40.0. The van der Waals surface area contributed by atoms with Crippen molar-refractivity contribution < 1.29 is 43.5 Å². The molecule has 4 aliphatic heterocycles. The predicted molar refractivity (Wildman–Crippen MR) is 219 cm³/mol. The summed E-state index contributed by atoms with van der Waals surface area (Å²) < 4.78 is 34.2. The van der Waals surface area contributed by atoms with E-state index in [1.165, 1.54) is 0 Å². The lowest BCUT2D eigenvalue weighted by Gasteiger charge is -2.49. The summed E-state index contributed by atoms with van der Waals surface area (Å²) in [6.45, 7) is 17.1. The number of hydrogen-bond donors (Lipinski definition) is 3. The fraction of sp³-hybridized carbons (Fsp3) is 0.767. The molecule has 2 bridgehead atoms. The molecule has 0 spiro atoms. The van der Waals surface area contributed by atoms with Gasteiger partial charge < -0.3 is 43.4 Å². The Morgan fingerprint density at radius 1 is 1.07 bits per heavy atom. The molecule has 0 aromatic carbocycles. The first-order valence-corrected chi connectivity index (χ1v) is 21.5. The van der Waals surface area contributed by atoms with Gasteiger partial charge in [0.15, 0.2) is 11.9 Å². The molecule has 4 aliphatic rings. The fourth-order valence-corrected chi connectivity index (χ4v) is 10.4. The summed E-state index contributed by atoms with van der Waals surface area (Å²) in [6, 6.07) is 2.96. The molecule has 4 saturated heterocycles. The maximum Gasteiger partial charge on any atom is 0.425 e. The van der Waals surface area contributed by atoms with Gasteiger partial charge in [-0.15, -0.1) is 0 Å². The van der Waals surface area contributed by atoms with Crippen molar-refractivity contribution in [1.82, 2.24) is 34.8 Å². The van der Waals surface area contributed by atoms with Gasteiger partial charge in [-0.2, -0.15) is 0 Å². The topological polar surface area (TPSA) is 173 Å². The van der Waals surface area contributed by atoms with Crippen molar-refractivity contribution in [2.45, 2.75) is 154 Å². The molecule has 4 fully saturated rings. The third-order valence-electron chi connectivity index (χ3n) is 13.8. The Morgan fingerprint density at radius 3 is 2.47 bits per heavy atom. The number of rotatable bonds is 10. The molecule has 2 aromatic heterocycles. The number of aliphatic hydroxyl groups is 2. The molecule has 0 radical (unpaired) electrons. The summed E-state index contributed by atoms with van der Waals surface area (Å²) in [7, 11) is 5.47. The number of aliphatic hydroxyl groups excluding tert-OH is 2. The zero-order valence-electron chi connectivity index (χ0n) is 36.9. The van der Waals surface area contributed by atoms with Crippen LogP contribution < -0.4 is 5.32 Å². The molecule has 59 heavy (non-hydrogen) atoms. The van der Waals surface area contributed by atoms with Crippen LogP contribution in [0.25, 0.3) is 11.3 Å². The van der Waals surface area contributed by atoms with Gasteiger partial charge in [0.1, 0.15) is 12.2 Å². The molecule has 15 atom stereocenters. The van der Waals surface area contributed by atoms with Crippen molar-refractivity contribution in [1.29, 1.82) is 0 Å². The average Bonchev–Trinajstić information content (AvgIpc) is 3.75. The lowest BCUT2D eigenvalue weighted by molar-refractivity contribution is -0.301. The van der Waals surface area contributed by atoms with Crippen LogP contribution in [0.2, 0.25) is 0 Å². The third kappa shape index (κ3) is 9.06. The SMILES string of the molecule is CC[C@H]1OC(=O)[C@H](C)[C@@H](O)[C@H](C)[C@@H](O[C@@H]2O[C@H](C)C[C@H](N(C)C)[C@H]2O)[C@@](C)(OC)C[C@@H](C)C2NCN(CCCn3cnc(-c4cccnc4)c3)N3C(=O)O[C@@]1(C)C3[C@H]2C. The highest BCUT2D eigenvalue weighted by Gasteiger charge is 2.62. The quantitative estimate of drug-likeness (QED) is 0.295. The molecule has 2 aromatic rings. The first-order chi connectivity index (χ1) is 27.9. The van der Waals surface area contributed by atoms with E-state index in [-0.39, 0.29) is 30.0 Å². The van der Waals surface area contributed by atoms with Crippen LogP contribution in [0.15, 0.2) is 37.1 Å². The van der Waals surface area contributed by atoms with E-state index in [0.717, 1.165) is 11.3 Å². The minimum absolute atomic E-state index is 0.0716. The summed E-state index contributed by atoms with van der Waals surface area (Å²) in [5.41, 5.74) is -0.468. The van der Waals surface area contributed by atoms with Crippen LogP contribution in [0.4, 0.5) is 4.79 Å². The number of fused-ring (bicyclic) bond motifs is 1. The second-order valence-electron chi connectivity index (χ2n) is 18.2. The van der Waals surface area contributed by atoms with Gasteiger partial charge in [-0.3, -0.25) is 15.1 Å². The minimum atomic E-state index is -1.22. The van der Waals surface area contributed by atoms with E-state index in [1.54, 1.807) is 31.4 Å². The van der Waals surface area contributed by atoms with Crippen LogP contribution in [-0.4, -0.2) is 152 Å². The van der Waals surface area contributed by atoms with Gasteiger partial charge >= 0.3 is 12.1 Å². The van der Waals surface area contributed by atoms with E-state index in [2.05, 4.69) is 29.1 Å². The summed E-state index contributed by atoms with van der Waals surface area (Å²) in [6.07, 6.45) is 4.00. The number of carbonyl (C=O) groups is 2. The second kappa shape index (κ2) is 18.4. The average molecular weight is 828 g/mol. The van der Waals surface area contributed by atoms with Gasteiger partial charge in [-0.25, -0.2) is 19.8 Å². The van der Waals surface area contributed by atoms with E-state index in [1.807, 2.05) is 87.8 Å². The Morgan fingerprint density at radius 2 is 1.81 bits per heavy atom. The molecule has 0 saturated carbocycles. The van der Waals surface area contributed by atoms with Gasteiger partial charge in [0.25, 0.3) is 0 Å². The Kier molecular flexibility index (Phi) is 14.1. The number of imidazole rings is 1. The molecular formula is C43H69N7O9. The number of methoxy groups -OCH3 is 1. The summed E-state index contributed by atoms with van der Waals surface area (Å²) in [5, 5.41) is 31.2. The van der Waals surface area contributed by atoms with E-state index >= 15 is 0 Å². The number of nitrogens with zero attached hydrogens (tertiary/aromatic N) is 6. The van der Waals surface area contributed by atoms with Gasteiger partial charge in [-0.1, -0.05) is 27.7 Å². The Bertz CT molecular complexity index is 1720. The van der Waals surface area contributed by atoms with Crippen molar-refractivity contribution in [2.24, 2.45) is 23.7 Å². The minimum Gasteiger partial charge on any atom is -0.458 e. The number of carbonyl (C=O) groups excluding carboxylic acids is 2. The summed E-state index contributed by atoms with van der Waals surface area (Å²) >= 11 is 0. The van der Waals surface area contributed by atoms with Gasteiger partial charge in [0.05, 0.1) is 54.6 Å². The van der Waals surface area contributed by atoms with Crippen LogP contribution in [-0.2, 0) is 35.0 Å². The number of likely N-dealkylation sites (N-methyl/N-ethyl adjacent to an activating group) is 1. The number of hydrogen-bond acceptors (Lipinski definition) is 14.